The van der Waals surface area contributed by atoms with E-state index in [1.807, 2.05) is 0 Å². The fourth-order valence-corrected chi connectivity index (χ4v) is 7.72. The first kappa shape index (κ1) is 68.6. The predicted molar refractivity (Wildman–Crippen MR) is 316 cm³/mol. The molecule has 73 heavy (non-hydrogen) atoms. The van der Waals surface area contributed by atoms with E-state index < -0.39 is 6.10 Å². The molecule has 0 saturated carbocycles. The van der Waals surface area contributed by atoms with E-state index in [9.17, 15) is 14.4 Å². The Hall–Kier alpha value is -4.45. The van der Waals surface area contributed by atoms with Gasteiger partial charge in [0, 0.05) is 19.3 Å². The van der Waals surface area contributed by atoms with Crippen LogP contribution in [0.25, 0.3) is 0 Å². The van der Waals surface area contributed by atoms with Gasteiger partial charge in [-0.3, -0.25) is 14.4 Å². The summed E-state index contributed by atoms with van der Waals surface area (Å²) in [6.45, 7) is 6.34. The van der Waals surface area contributed by atoms with E-state index in [2.05, 4.69) is 154 Å². The van der Waals surface area contributed by atoms with E-state index in [1.54, 1.807) is 0 Å². The standard InChI is InChI=1S/C67H108O6/c1-4-7-10-13-16-19-22-25-28-29-30-31-32-33-34-35-36-37-40-42-45-48-51-54-57-60-66(69)72-63-64(73-67(70)61-58-55-52-49-46-43-39-27-24-21-18-15-12-9-6-3)62-71-65(68)59-56-53-50-47-44-41-38-26-23-20-17-14-11-8-5-2/h7,9-10,12,16-21,25-28,30-31,33-34,36-39,64H,4-6,8,11,13-15,22-24,29,32,35,40-63H2,1-3H3/b10-7-,12-9-,19-16-,20-17-,21-18-,28-25-,31-30-,34-33-,37-36-,38-26-,39-27-. The highest BCUT2D eigenvalue weighted by atomic mass is 16.6. The van der Waals surface area contributed by atoms with Gasteiger partial charge in [0.1, 0.15) is 13.2 Å². The average molecular weight is 1010 g/mol. The lowest BCUT2D eigenvalue weighted by Gasteiger charge is -2.18. The van der Waals surface area contributed by atoms with E-state index in [-0.39, 0.29) is 31.1 Å². The van der Waals surface area contributed by atoms with Gasteiger partial charge in [0.2, 0.25) is 0 Å². The first-order valence-electron chi connectivity index (χ1n) is 29.7. The number of unbranched alkanes of at least 4 members (excludes halogenated alkanes) is 19. The SMILES string of the molecule is CC/C=C\C/C=C\C/C=C\C/C=C\C/C=C\C/C=C\CCCCCCCCC(=O)OCC(COC(=O)CCCCCCC/C=C\C/C=C\CCCCC)OC(=O)CCCCCCC/C=C\C/C=C\C/C=C\CC. The minimum absolute atomic E-state index is 0.101. The molecule has 0 heterocycles. The lowest BCUT2D eigenvalue weighted by atomic mass is 10.1. The molecule has 1 atom stereocenters. The van der Waals surface area contributed by atoms with E-state index >= 15 is 0 Å². The fourth-order valence-electron chi connectivity index (χ4n) is 7.72. The molecule has 0 spiro atoms. The van der Waals surface area contributed by atoms with E-state index in [1.165, 1.54) is 38.5 Å². The molecular weight excluding hydrogens is 901 g/mol. The van der Waals surface area contributed by atoms with Crippen molar-refractivity contribution in [3.63, 3.8) is 0 Å². The molecule has 0 aliphatic rings. The Labute approximate surface area is 449 Å². The first-order chi connectivity index (χ1) is 36.0. The molecule has 0 aromatic carbocycles. The maximum Gasteiger partial charge on any atom is 0.306 e. The Bertz CT molecular complexity index is 1580. The number of esters is 3. The molecule has 6 heteroatoms. The number of allylic oxidation sites excluding steroid dienone is 22. The molecule has 0 saturated heterocycles. The van der Waals surface area contributed by atoms with Crippen LogP contribution >= 0.6 is 0 Å². The lowest BCUT2D eigenvalue weighted by molar-refractivity contribution is -0.167. The van der Waals surface area contributed by atoms with Crippen molar-refractivity contribution in [2.75, 3.05) is 13.2 Å². The molecule has 0 amide bonds. The monoisotopic (exact) mass is 1010 g/mol. The van der Waals surface area contributed by atoms with E-state index in [4.69, 9.17) is 14.2 Å². The van der Waals surface area contributed by atoms with Crippen molar-refractivity contribution in [1.82, 2.24) is 0 Å². The molecular formula is C67H108O6. The fraction of sp³-hybridized carbons (Fsp3) is 0.627. The minimum Gasteiger partial charge on any atom is -0.462 e. The molecule has 0 N–H and O–H groups in total. The third-order valence-electron chi connectivity index (χ3n) is 12.1. The van der Waals surface area contributed by atoms with Crippen LogP contribution in [-0.4, -0.2) is 37.2 Å². The summed E-state index contributed by atoms with van der Waals surface area (Å²) in [6, 6.07) is 0. The van der Waals surface area contributed by atoms with Crippen LogP contribution in [0.2, 0.25) is 0 Å². The molecule has 1 unspecified atom stereocenters. The van der Waals surface area contributed by atoms with Crippen LogP contribution in [0.5, 0.6) is 0 Å². The largest absolute Gasteiger partial charge is 0.462 e. The summed E-state index contributed by atoms with van der Waals surface area (Å²) in [6.07, 6.45) is 84.4. The second-order valence-corrected chi connectivity index (χ2v) is 19.1. The van der Waals surface area contributed by atoms with Gasteiger partial charge >= 0.3 is 17.9 Å². The van der Waals surface area contributed by atoms with Crippen LogP contribution in [0.1, 0.15) is 252 Å². The van der Waals surface area contributed by atoms with E-state index in [0.29, 0.717) is 19.3 Å². The van der Waals surface area contributed by atoms with Crippen LogP contribution < -0.4 is 0 Å². The normalized spacial score (nSPS) is 13.1. The van der Waals surface area contributed by atoms with Crippen molar-refractivity contribution >= 4 is 17.9 Å². The molecule has 412 valence electrons. The molecule has 0 aromatic rings. The van der Waals surface area contributed by atoms with Gasteiger partial charge in [0.25, 0.3) is 0 Å². The Kier molecular flexibility index (Phi) is 56.4. The maximum atomic E-state index is 12.9. The highest BCUT2D eigenvalue weighted by Gasteiger charge is 2.19. The van der Waals surface area contributed by atoms with Crippen molar-refractivity contribution in [1.29, 1.82) is 0 Å². The molecule has 0 bridgehead atoms. The summed E-state index contributed by atoms with van der Waals surface area (Å²) < 4.78 is 16.8. The Morgan fingerprint density at radius 3 is 0.836 bits per heavy atom. The third-order valence-corrected chi connectivity index (χ3v) is 12.1. The van der Waals surface area contributed by atoms with Gasteiger partial charge in [0.05, 0.1) is 0 Å². The van der Waals surface area contributed by atoms with Gasteiger partial charge in [-0.05, 0) is 135 Å². The maximum absolute atomic E-state index is 12.9. The van der Waals surface area contributed by atoms with Gasteiger partial charge in [-0.1, -0.05) is 231 Å². The number of hydrogen-bond donors (Lipinski definition) is 0. The highest BCUT2D eigenvalue weighted by Crippen LogP contribution is 2.14. The summed E-state index contributed by atoms with van der Waals surface area (Å²) in [4.78, 5) is 38.2. The summed E-state index contributed by atoms with van der Waals surface area (Å²) in [5, 5.41) is 0. The van der Waals surface area contributed by atoms with Crippen LogP contribution in [0.4, 0.5) is 0 Å². The first-order valence-corrected chi connectivity index (χ1v) is 29.7. The van der Waals surface area contributed by atoms with Crippen LogP contribution in [0.15, 0.2) is 134 Å². The molecule has 0 aliphatic carbocycles. The van der Waals surface area contributed by atoms with Gasteiger partial charge in [0.15, 0.2) is 6.10 Å². The van der Waals surface area contributed by atoms with Crippen molar-refractivity contribution in [3.05, 3.63) is 134 Å². The third kappa shape index (κ3) is 58.3. The number of carbonyl (C=O) groups excluding carboxylic acids is 3. The smallest absolute Gasteiger partial charge is 0.306 e. The summed E-state index contributed by atoms with van der Waals surface area (Å²) in [5.74, 6) is -0.948. The van der Waals surface area contributed by atoms with Crippen molar-refractivity contribution in [2.45, 2.75) is 258 Å². The molecule has 0 aromatic heterocycles. The second kappa shape index (κ2) is 60.1. The van der Waals surface area contributed by atoms with E-state index in [0.717, 1.165) is 173 Å². The zero-order valence-corrected chi connectivity index (χ0v) is 47.1. The van der Waals surface area contributed by atoms with Crippen molar-refractivity contribution in [3.8, 4) is 0 Å². The molecule has 0 radical (unpaired) electrons. The average Bonchev–Trinajstić information content (AvgIpc) is 3.39. The minimum atomic E-state index is -0.805. The molecule has 6 nitrogen and oxygen atoms in total. The number of rotatable bonds is 52. The molecule has 0 fully saturated rings. The summed E-state index contributed by atoms with van der Waals surface area (Å²) in [5.41, 5.74) is 0. The topological polar surface area (TPSA) is 78.9 Å². The van der Waals surface area contributed by atoms with Gasteiger partial charge in [-0.15, -0.1) is 0 Å². The Morgan fingerprint density at radius 1 is 0.288 bits per heavy atom. The van der Waals surface area contributed by atoms with Crippen LogP contribution in [-0.2, 0) is 28.6 Å². The van der Waals surface area contributed by atoms with Crippen molar-refractivity contribution < 1.29 is 28.6 Å². The van der Waals surface area contributed by atoms with Gasteiger partial charge < -0.3 is 14.2 Å². The summed E-state index contributed by atoms with van der Waals surface area (Å²) >= 11 is 0. The lowest BCUT2D eigenvalue weighted by Crippen LogP contribution is -2.30. The highest BCUT2D eigenvalue weighted by molar-refractivity contribution is 5.71. The van der Waals surface area contributed by atoms with Gasteiger partial charge in [-0.25, -0.2) is 0 Å². The molecule has 0 aliphatic heterocycles. The second-order valence-electron chi connectivity index (χ2n) is 19.1. The number of ether oxygens (including phenoxy) is 3. The summed E-state index contributed by atoms with van der Waals surface area (Å²) in [7, 11) is 0. The van der Waals surface area contributed by atoms with Gasteiger partial charge in [-0.2, -0.15) is 0 Å². The number of carbonyl (C=O) groups is 3. The van der Waals surface area contributed by atoms with Crippen LogP contribution in [0.3, 0.4) is 0 Å². The quantitative estimate of drug-likeness (QED) is 0.0261. The number of hydrogen-bond acceptors (Lipinski definition) is 6. The zero-order valence-electron chi connectivity index (χ0n) is 47.1. The molecule has 0 rings (SSSR count). The zero-order chi connectivity index (χ0) is 52.9. The van der Waals surface area contributed by atoms with Crippen molar-refractivity contribution in [2.24, 2.45) is 0 Å². The Morgan fingerprint density at radius 2 is 0.534 bits per heavy atom. The van der Waals surface area contributed by atoms with Crippen LogP contribution in [0, 0.1) is 0 Å². The Balaban J connectivity index is 4.43. The predicted octanol–water partition coefficient (Wildman–Crippen LogP) is 20.2.